The zero-order valence-corrected chi connectivity index (χ0v) is 16.5. The lowest BCUT2D eigenvalue weighted by molar-refractivity contribution is 0.223. The SMILES string of the molecule is C=CCN1CCC(NC(=NCC(C)Oc2ccccc2C)NCC)CC1. The second kappa shape index (κ2) is 10.9. The van der Waals surface area contributed by atoms with Crippen LogP contribution in [-0.2, 0) is 0 Å². The quantitative estimate of drug-likeness (QED) is 0.426. The summed E-state index contributed by atoms with van der Waals surface area (Å²) < 4.78 is 6.03. The summed E-state index contributed by atoms with van der Waals surface area (Å²) in [6.07, 6.45) is 4.27. The van der Waals surface area contributed by atoms with E-state index in [1.807, 2.05) is 24.3 Å². The van der Waals surface area contributed by atoms with Crippen molar-refractivity contribution >= 4 is 5.96 Å². The molecule has 0 spiro atoms. The minimum atomic E-state index is 0.0287. The monoisotopic (exact) mass is 358 g/mol. The van der Waals surface area contributed by atoms with Gasteiger partial charge in [0, 0.05) is 32.2 Å². The lowest BCUT2D eigenvalue weighted by Gasteiger charge is -2.32. The first-order valence-electron chi connectivity index (χ1n) is 9.72. The first-order valence-corrected chi connectivity index (χ1v) is 9.72. The van der Waals surface area contributed by atoms with E-state index in [4.69, 9.17) is 9.73 Å². The highest BCUT2D eigenvalue weighted by Crippen LogP contribution is 2.17. The molecule has 0 aliphatic carbocycles. The number of nitrogens with one attached hydrogen (secondary N) is 2. The van der Waals surface area contributed by atoms with E-state index in [-0.39, 0.29) is 6.10 Å². The first-order chi connectivity index (χ1) is 12.6. The van der Waals surface area contributed by atoms with Gasteiger partial charge in [-0.3, -0.25) is 4.90 Å². The fourth-order valence-corrected chi connectivity index (χ4v) is 3.12. The molecule has 1 unspecified atom stereocenters. The number of para-hydroxylation sites is 1. The number of aliphatic imine (C=N–C) groups is 1. The zero-order chi connectivity index (χ0) is 18.8. The van der Waals surface area contributed by atoms with Crippen LogP contribution in [0.5, 0.6) is 5.75 Å². The number of guanidine groups is 1. The lowest BCUT2D eigenvalue weighted by atomic mass is 10.1. The Morgan fingerprint density at radius 2 is 2.12 bits per heavy atom. The fourth-order valence-electron chi connectivity index (χ4n) is 3.12. The van der Waals surface area contributed by atoms with Crippen LogP contribution in [0.15, 0.2) is 41.9 Å². The Morgan fingerprint density at radius 1 is 1.38 bits per heavy atom. The first kappa shape index (κ1) is 20.3. The van der Waals surface area contributed by atoms with Crippen LogP contribution < -0.4 is 15.4 Å². The summed E-state index contributed by atoms with van der Waals surface area (Å²) in [5.41, 5.74) is 1.15. The smallest absolute Gasteiger partial charge is 0.191 e. The van der Waals surface area contributed by atoms with Crippen molar-refractivity contribution in [1.29, 1.82) is 0 Å². The highest BCUT2D eigenvalue weighted by Gasteiger charge is 2.19. The Balaban J connectivity index is 1.84. The molecule has 144 valence electrons. The van der Waals surface area contributed by atoms with Crippen LogP contribution in [0.4, 0.5) is 0 Å². The molecule has 0 aromatic heterocycles. The number of likely N-dealkylation sites (tertiary alicyclic amines) is 1. The Hall–Kier alpha value is -2.01. The van der Waals surface area contributed by atoms with Gasteiger partial charge in [0.15, 0.2) is 5.96 Å². The lowest BCUT2D eigenvalue weighted by Crippen LogP contribution is -2.48. The van der Waals surface area contributed by atoms with Gasteiger partial charge >= 0.3 is 0 Å². The minimum Gasteiger partial charge on any atom is -0.489 e. The summed E-state index contributed by atoms with van der Waals surface area (Å²) in [5.74, 6) is 1.82. The van der Waals surface area contributed by atoms with E-state index in [0.29, 0.717) is 12.6 Å². The van der Waals surface area contributed by atoms with Crippen molar-refractivity contribution in [3.63, 3.8) is 0 Å². The molecule has 1 aromatic carbocycles. The predicted octanol–water partition coefficient (Wildman–Crippen LogP) is 2.97. The second-order valence-corrected chi connectivity index (χ2v) is 6.92. The Kier molecular flexibility index (Phi) is 8.48. The van der Waals surface area contributed by atoms with Gasteiger partial charge in [0.05, 0.1) is 6.54 Å². The van der Waals surface area contributed by atoms with E-state index in [1.54, 1.807) is 0 Å². The summed E-state index contributed by atoms with van der Waals surface area (Å²) in [4.78, 5) is 7.17. The normalized spacial score (nSPS) is 17.6. The average molecular weight is 359 g/mol. The molecule has 5 nitrogen and oxygen atoms in total. The summed E-state index contributed by atoms with van der Waals surface area (Å²) in [6, 6.07) is 8.58. The van der Waals surface area contributed by atoms with Crippen LogP contribution in [0, 0.1) is 6.92 Å². The van der Waals surface area contributed by atoms with Gasteiger partial charge in [0.25, 0.3) is 0 Å². The predicted molar refractivity (Wildman–Crippen MR) is 110 cm³/mol. The van der Waals surface area contributed by atoms with E-state index >= 15 is 0 Å². The standard InChI is InChI=1S/C21H34N4O/c1-5-13-25-14-11-19(12-15-25)24-21(22-6-2)23-16-18(4)26-20-10-8-7-9-17(20)3/h5,7-10,18-19H,1,6,11-16H2,2-4H3,(H2,22,23,24). The van der Waals surface area contributed by atoms with Crippen LogP contribution in [0.25, 0.3) is 0 Å². The molecule has 2 N–H and O–H groups in total. The maximum atomic E-state index is 6.03. The highest BCUT2D eigenvalue weighted by atomic mass is 16.5. The maximum Gasteiger partial charge on any atom is 0.191 e. The molecule has 2 rings (SSSR count). The molecule has 0 amide bonds. The van der Waals surface area contributed by atoms with Gasteiger partial charge in [0.1, 0.15) is 11.9 Å². The van der Waals surface area contributed by atoms with Gasteiger partial charge in [0.2, 0.25) is 0 Å². The zero-order valence-electron chi connectivity index (χ0n) is 16.5. The summed E-state index contributed by atoms with van der Waals surface area (Å²) in [5, 5.41) is 6.93. The van der Waals surface area contributed by atoms with Crippen LogP contribution in [0.1, 0.15) is 32.3 Å². The molecule has 1 aromatic rings. The van der Waals surface area contributed by atoms with Crippen molar-refractivity contribution in [2.75, 3.05) is 32.7 Å². The van der Waals surface area contributed by atoms with Gasteiger partial charge in [-0.25, -0.2) is 4.99 Å². The topological polar surface area (TPSA) is 48.9 Å². The van der Waals surface area contributed by atoms with E-state index in [0.717, 1.165) is 56.3 Å². The second-order valence-electron chi connectivity index (χ2n) is 6.92. The number of piperidine rings is 1. The molecule has 26 heavy (non-hydrogen) atoms. The van der Waals surface area contributed by atoms with Crippen LogP contribution in [-0.4, -0.2) is 55.7 Å². The Labute approximate surface area is 158 Å². The van der Waals surface area contributed by atoms with Gasteiger partial charge < -0.3 is 15.4 Å². The number of ether oxygens (including phenoxy) is 1. The minimum absolute atomic E-state index is 0.0287. The molecular formula is C21H34N4O. The Morgan fingerprint density at radius 3 is 2.77 bits per heavy atom. The van der Waals surface area contributed by atoms with Crippen molar-refractivity contribution in [2.45, 2.75) is 45.8 Å². The van der Waals surface area contributed by atoms with Gasteiger partial charge in [-0.05, 0) is 45.2 Å². The molecular weight excluding hydrogens is 324 g/mol. The number of hydrogen-bond donors (Lipinski definition) is 2. The van der Waals surface area contributed by atoms with Crippen LogP contribution >= 0.6 is 0 Å². The van der Waals surface area contributed by atoms with Crippen LogP contribution in [0.2, 0.25) is 0 Å². The van der Waals surface area contributed by atoms with Gasteiger partial charge in [-0.1, -0.05) is 24.3 Å². The van der Waals surface area contributed by atoms with Crippen LogP contribution in [0.3, 0.4) is 0 Å². The summed E-state index contributed by atoms with van der Waals surface area (Å²) in [6.45, 7) is 14.7. The molecule has 1 fully saturated rings. The number of hydrogen-bond acceptors (Lipinski definition) is 3. The molecule has 0 radical (unpaired) electrons. The van der Waals surface area contributed by atoms with Crippen molar-refractivity contribution < 1.29 is 4.74 Å². The third-order valence-electron chi connectivity index (χ3n) is 4.59. The number of aryl methyl sites for hydroxylation is 1. The molecule has 1 heterocycles. The van der Waals surface area contributed by atoms with Crippen molar-refractivity contribution in [3.8, 4) is 5.75 Å². The third kappa shape index (κ3) is 6.71. The largest absolute Gasteiger partial charge is 0.489 e. The third-order valence-corrected chi connectivity index (χ3v) is 4.59. The van der Waals surface area contributed by atoms with E-state index in [2.05, 4.69) is 49.0 Å². The fraction of sp³-hybridized carbons (Fsp3) is 0.571. The highest BCUT2D eigenvalue weighted by molar-refractivity contribution is 5.80. The van der Waals surface area contributed by atoms with E-state index in [9.17, 15) is 0 Å². The van der Waals surface area contributed by atoms with Crippen molar-refractivity contribution in [2.24, 2.45) is 4.99 Å². The maximum absolute atomic E-state index is 6.03. The molecule has 1 atom stereocenters. The molecule has 5 heteroatoms. The molecule has 1 aliphatic rings. The Bertz CT molecular complexity index is 579. The van der Waals surface area contributed by atoms with Gasteiger partial charge in [-0.2, -0.15) is 0 Å². The number of rotatable bonds is 8. The van der Waals surface area contributed by atoms with E-state index < -0.39 is 0 Å². The molecule has 0 saturated carbocycles. The molecule has 1 saturated heterocycles. The van der Waals surface area contributed by atoms with Gasteiger partial charge in [-0.15, -0.1) is 6.58 Å². The molecule has 0 bridgehead atoms. The molecule has 1 aliphatic heterocycles. The average Bonchev–Trinajstić information content (AvgIpc) is 2.64. The summed E-state index contributed by atoms with van der Waals surface area (Å²) >= 11 is 0. The number of benzene rings is 1. The van der Waals surface area contributed by atoms with Crippen molar-refractivity contribution in [3.05, 3.63) is 42.5 Å². The van der Waals surface area contributed by atoms with Crippen molar-refractivity contribution in [1.82, 2.24) is 15.5 Å². The number of nitrogens with zero attached hydrogens (tertiary/aromatic N) is 2. The van der Waals surface area contributed by atoms with E-state index in [1.165, 1.54) is 0 Å². The summed E-state index contributed by atoms with van der Waals surface area (Å²) in [7, 11) is 0.